The molecule has 0 amide bonds. The van der Waals surface area contributed by atoms with Crippen molar-refractivity contribution in [3.63, 3.8) is 0 Å². The van der Waals surface area contributed by atoms with Crippen molar-refractivity contribution in [3.8, 4) is 0 Å². The standard InChI is InChI=1S/C16H33N3/c1-5-18-9-6-7-15(13-18)19-10-8-14(12-19)11-17-16(2,3)4/h14-15,17H,5-13H2,1-4H3. The Balaban J connectivity index is 1.75. The van der Waals surface area contributed by atoms with E-state index in [9.17, 15) is 0 Å². The maximum Gasteiger partial charge on any atom is 0.0223 e. The van der Waals surface area contributed by atoms with Gasteiger partial charge in [0, 0.05) is 24.7 Å². The molecule has 1 N–H and O–H groups in total. The summed E-state index contributed by atoms with van der Waals surface area (Å²) >= 11 is 0. The lowest BCUT2D eigenvalue weighted by atomic mass is 10.0. The highest BCUT2D eigenvalue weighted by Crippen LogP contribution is 2.23. The second-order valence-electron chi connectivity index (χ2n) is 7.47. The van der Waals surface area contributed by atoms with Crippen molar-refractivity contribution in [2.24, 2.45) is 5.92 Å². The van der Waals surface area contributed by atoms with Crippen molar-refractivity contribution in [3.05, 3.63) is 0 Å². The van der Waals surface area contributed by atoms with Gasteiger partial charge in [-0.25, -0.2) is 0 Å². The van der Waals surface area contributed by atoms with Crippen molar-refractivity contribution in [2.75, 3.05) is 39.3 Å². The number of piperidine rings is 1. The first-order chi connectivity index (χ1) is 8.98. The predicted octanol–water partition coefficient (Wildman–Crippen LogP) is 2.18. The van der Waals surface area contributed by atoms with Gasteiger partial charge in [-0.3, -0.25) is 4.90 Å². The Morgan fingerprint density at radius 3 is 2.58 bits per heavy atom. The first-order valence-electron chi connectivity index (χ1n) is 8.19. The molecule has 0 spiro atoms. The SMILES string of the molecule is CCN1CCCC(N2CCC(CNC(C)(C)C)C2)C1. The number of hydrogen-bond acceptors (Lipinski definition) is 3. The summed E-state index contributed by atoms with van der Waals surface area (Å²) in [5, 5.41) is 3.67. The van der Waals surface area contributed by atoms with Gasteiger partial charge in [-0.15, -0.1) is 0 Å². The molecule has 3 nitrogen and oxygen atoms in total. The summed E-state index contributed by atoms with van der Waals surface area (Å²) in [4.78, 5) is 5.38. The van der Waals surface area contributed by atoms with Crippen molar-refractivity contribution in [1.82, 2.24) is 15.1 Å². The highest BCUT2D eigenvalue weighted by Gasteiger charge is 2.31. The first kappa shape index (κ1) is 15.3. The first-order valence-corrected chi connectivity index (χ1v) is 8.19. The van der Waals surface area contributed by atoms with E-state index < -0.39 is 0 Å². The Bertz CT molecular complexity index is 272. The molecule has 0 aromatic carbocycles. The molecule has 2 aliphatic rings. The van der Waals surface area contributed by atoms with Crippen molar-refractivity contribution < 1.29 is 0 Å². The van der Waals surface area contributed by atoms with Crippen LogP contribution in [0.2, 0.25) is 0 Å². The van der Waals surface area contributed by atoms with Crippen LogP contribution in [0.5, 0.6) is 0 Å². The van der Waals surface area contributed by atoms with E-state index in [1.165, 1.54) is 58.5 Å². The summed E-state index contributed by atoms with van der Waals surface area (Å²) in [5.74, 6) is 0.858. The molecule has 0 aromatic heterocycles. The van der Waals surface area contributed by atoms with Crippen LogP contribution in [0.4, 0.5) is 0 Å². The van der Waals surface area contributed by atoms with Gasteiger partial charge in [0.1, 0.15) is 0 Å². The van der Waals surface area contributed by atoms with Gasteiger partial charge in [-0.1, -0.05) is 6.92 Å². The summed E-state index contributed by atoms with van der Waals surface area (Å²) in [7, 11) is 0. The normalized spacial score (nSPS) is 30.9. The van der Waals surface area contributed by atoms with E-state index in [1.54, 1.807) is 0 Å². The van der Waals surface area contributed by atoms with E-state index in [0.717, 1.165) is 12.0 Å². The van der Waals surface area contributed by atoms with Crippen molar-refractivity contribution >= 4 is 0 Å². The molecule has 2 saturated heterocycles. The monoisotopic (exact) mass is 267 g/mol. The third-order valence-electron chi connectivity index (χ3n) is 4.68. The molecule has 2 unspecified atom stereocenters. The fourth-order valence-electron chi connectivity index (χ4n) is 3.43. The maximum atomic E-state index is 3.67. The Hall–Kier alpha value is -0.120. The van der Waals surface area contributed by atoms with Gasteiger partial charge in [0.15, 0.2) is 0 Å². The molecule has 2 atom stereocenters. The van der Waals surface area contributed by atoms with Crippen LogP contribution in [0.1, 0.15) is 47.0 Å². The van der Waals surface area contributed by atoms with E-state index in [2.05, 4.69) is 42.8 Å². The van der Waals surface area contributed by atoms with Crippen LogP contribution in [0.15, 0.2) is 0 Å². The van der Waals surface area contributed by atoms with Crippen LogP contribution in [-0.2, 0) is 0 Å². The largest absolute Gasteiger partial charge is 0.312 e. The molecule has 2 heterocycles. The second-order valence-corrected chi connectivity index (χ2v) is 7.47. The van der Waals surface area contributed by atoms with Gasteiger partial charge in [-0.2, -0.15) is 0 Å². The molecule has 2 fully saturated rings. The van der Waals surface area contributed by atoms with Gasteiger partial charge in [0.05, 0.1) is 0 Å². The molecule has 2 aliphatic heterocycles. The molecule has 19 heavy (non-hydrogen) atoms. The third-order valence-corrected chi connectivity index (χ3v) is 4.68. The van der Waals surface area contributed by atoms with Crippen molar-refractivity contribution in [1.29, 1.82) is 0 Å². The van der Waals surface area contributed by atoms with Crippen LogP contribution in [0.25, 0.3) is 0 Å². The molecular weight excluding hydrogens is 234 g/mol. The zero-order valence-corrected chi connectivity index (χ0v) is 13.4. The minimum Gasteiger partial charge on any atom is -0.312 e. The number of likely N-dealkylation sites (N-methyl/N-ethyl adjacent to an activating group) is 1. The molecule has 0 aromatic rings. The van der Waals surface area contributed by atoms with E-state index in [4.69, 9.17) is 0 Å². The number of nitrogens with one attached hydrogen (secondary N) is 1. The lowest BCUT2D eigenvalue weighted by Crippen LogP contribution is -2.47. The highest BCUT2D eigenvalue weighted by atomic mass is 15.2. The van der Waals surface area contributed by atoms with Gasteiger partial charge < -0.3 is 10.2 Å². The Labute approximate surface area is 119 Å². The number of rotatable bonds is 4. The highest BCUT2D eigenvalue weighted by molar-refractivity contribution is 4.87. The minimum absolute atomic E-state index is 0.261. The summed E-state index contributed by atoms with van der Waals surface area (Å²) in [6.45, 7) is 16.7. The smallest absolute Gasteiger partial charge is 0.0223 e. The minimum atomic E-state index is 0.261. The quantitative estimate of drug-likeness (QED) is 0.842. The molecule has 112 valence electrons. The average Bonchev–Trinajstić information content (AvgIpc) is 2.84. The van der Waals surface area contributed by atoms with Gasteiger partial charge in [0.25, 0.3) is 0 Å². The van der Waals surface area contributed by atoms with Crippen LogP contribution in [0, 0.1) is 5.92 Å². The topological polar surface area (TPSA) is 18.5 Å². The van der Waals surface area contributed by atoms with Crippen molar-refractivity contribution in [2.45, 2.75) is 58.5 Å². The lowest BCUT2D eigenvalue weighted by molar-refractivity contribution is 0.116. The fourth-order valence-corrected chi connectivity index (χ4v) is 3.43. The third kappa shape index (κ3) is 4.73. The number of likely N-dealkylation sites (tertiary alicyclic amines) is 2. The maximum absolute atomic E-state index is 3.67. The van der Waals surface area contributed by atoms with Gasteiger partial charge in [-0.05, 0) is 72.1 Å². The lowest BCUT2D eigenvalue weighted by Gasteiger charge is -2.37. The average molecular weight is 267 g/mol. The summed E-state index contributed by atoms with van der Waals surface area (Å²) in [6, 6.07) is 0.827. The van der Waals surface area contributed by atoms with E-state index >= 15 is 0 Å². The van der Waals surface area contributed by atoms with E-state index in [-0.39, 0.29) is 5.54 Å². The Morgan fingerprint density at radius 1 is 1.11 bits per heavy atom. The molecule has 3 heteroatoms. The van der Waals surface area contributed by atoms with Gasteiger partial charge in [0.2, 0.25) is 0 Å². The molecule has 2 rings (SSSR count). The summed E-state index contributed by atoms with van der Waals surface area (Å²) in [6.07, 6.45) is 4.18. The van der Waals surface area contributed by atoms with Crippen LogP contribution in [0.3, 0.4) is 0 Å². The fraction of sp³-hybridized carbons (Fsp3) is 1.00. The molecule has 0 bridgehead atoms. The van der Waals surface area contributed by atoms with E-state index in [1.807, 2.05) is 0 Å². The molecule has 0 aliphatic carbocycles. The molecule has 0 saturated carbocycles. The van der Waals surface area contributed by atoms with Crippen LogP contribution in [-0.4, -0.2) is 60.6 Å². The summed E-state index contributed by atoms with van der Waals surface area (Å²) < 4.78 is 0. The second kappa shape index (κ2) is 6.55. The summed E-state index contributed by atoms with van der Waals surface area (Å²) in [5.41, 5.74) is 0.261. The number of hydrogen-bond donors (Lipinski definition) is 1. The molecular formula is C16H33N3. The van der Waals surface area contributed by atoms with Crippen LogP contribution < -0.4 is 5.32 Å². The van der Waals surface area contributed by atoms with E-state index in [0.29, 0.717) is 0 Å². The Kier molecular flexibility index (Phi) is 5.27. The van der Waals surface area contributed by atoms with Gasteiger partial charge >= 0.3 is 0 Å². The molecule has 0 radical (unpaired) electrons. The zero-order chi connectivity index (χ0) is 13.9. The Morgan fingerprint density at radius 2 is 1.89 bits per heavy atom. The zero-order valence-electron chi connectivity index (χ0n) is 13.4. The van der Waals surface area contributed by atoms with Crippen LogP contribution >= 0.6 is 0 Å². The predicted molar refractivity (Wildman–Crippen MR) is 82.6 cm³/mol. The number of nitrogens with zero attached hydrogens (tertiary/aromatic N) is 2.